The normalized spacial score (nSPS) is 19.9. The zero-order valence-corrected chi connectivity index (χ0v) is 20.4. The van der Waals surface area contributed by atoms with E-state index in [1.54, 1.807) is 0 Å². The first-order valence-corrected chi connectivity index (χ1v) is 12.8. The van der Waals surface area contributed by atoms with E-state index < -0.39 is 0 Å². The summed E-state index contributed by atoms with van der Waals surface area (Å²) in [5.74, 6) is 1.85. The van der Waals surface area contributed by atoms with Crippen molar-refractivity contribution in [3.63, 3.8) is 0 Å². The Bertz CT molecular complexity index is 453. The first-order chi connectivity index (χ1) is 14.5. The third-order valence-corrected chi connectivity index (χ3v) is 6.96. The van der Waals surface area contributed by atoms with E-state index >= 15 is 0 Å². The van der Waals surface area contributed by atoms with E-state index in [1.165, 1.54) is 64.8 Å². The fourth-order valence-electron chi connectivity index (χ4n) is 4.65. The Labute approximate surface area is 186 Å². The van der Waals surface area contributed by atoms with E-state index in [0.717, 1.165) is 45.1 Å². The van der Waals surface area contributed by atoms with Gasteiger partial charge in [0.2, 0.25) is 5.91 Å². The Hall–Kier alpha value is -0.650. The van der Waals surface area contributed by atoms with Crippen molar-refractivity contribution in [2.45, 2.75) is 85.1 Å². The maximum absolute atomic E-state index is 12.4. The number of carbonyl (C=O) groups is 1. The average molecular weight is 424 g/mol. The summed E-state index contributed by atoms with van der Waals surface area (Å²) in [7, 11) is 0. The quantitative estimate of drug-likeness (QED) is 0.415. The summed E-state index contributed by atoms with van der Waals surface area (Å²) in [6, 6.07) is 0.688. The number of hydrogen-bond donors (Lipinski definition) is 0. The molecule has 0 aromatic rings. The second-order valence-corrected chi connectivity index (χ2v) is 10.2. The molecule has 0 bridgehead atoms. The number of ether oxygens (including phenoxy) is 1. The van der Waals surface area contributed by atoms with Gasteiger partial charge in [0, 0.05) is 64.9 Å². The predicted octanol–water partition coefficient (Wildman–Crippen LogP) is 4.26. The van der Waals surface area contributed by atoms with Gasteiger partial charge in [-0.05, 0) is 64.3 Å². The molecule has 2 fully saturated rings. The van der Waals surface area contributed by atoms with Gasteiger partial charge in [0.05, 0.1) is 0 Å². The van der Waals surface area contributed by atoms with Crippen molar-refractivity contribution < 1.29 is 9.53 Å². The lowest BCUT2D eigenvalue weighted by molar-refractivity contribution is -0.133. The van der Waals surface area contributed by atoms with E-state index in [1.807, 2.05) is 0 Å². The number of amides is 1. The van der Waals surface area contributed by atoms with Gasteiger partial charge in [-0.3, -0.25) is 9.69 Å². The Morgan fingerprint density at radius 3 is 2.23 bits per heavy atom. The third kappa shape index (κ3) is 10.1. The summed E-state index contributed by atoms with van der Waals surface area (Å²) in [5, 5.41) is 0. The number of nitrogens with zero attached hydrogens (tertiary/aromatic N) is 3. The van der Waals surface area contributed by atoms with Crippen LogP contribution in [-0.2, 0) is 9.53 Å². The maximum Gasteiger partial charge on any atom is 0.222 e. The van der Waals surface area contributed by atoms with Crippen LogP contribution in [-0.4, -0.2) is 85.7 Å². The van der Waals surface area contributed by atoms with Gasteiger partial charge in [-0.1, -0.05) is 26.7 Å². The van der Waals surface area contributed by atoms with Gasteiger partial charge in [0.15, 0.2) is 0 Å². The molecule has 2 saturated heterocycles. The van der Waals surface area contributed by atoms with Crippen LogP contribution in [0.15, 0.2) is 0 Å². The number of piperidine rings is 1. The molecule has 176 valence electrons. The molecule has 2 aliphatic rings. The second-order valence-electron chi connectivity index (χ2n) is 10.2. The van der Waals surface area contributed by atoms with Gasteiger partial charge < -0.3 is 14.5 Å². The van der Waals surface area contributed by atoms with Crippen molar-refractivity contribution in [3.8, 4) is 0 Å². The molecular formula is C25H49N3O2. The van der Waals surface area contributed by atoms with Crippen LogP contribution >= 0.6 is 0 Å². The molecule has 0 aromatic heterocycles. The van der Waals surface area contributed by atoms with E-state index in [4.69, 9.17) is 4.74 Å². The summed E-state index contributed by atoms with van der Waals surface area (Å²) >= 11 is 0. The number of unbranched alkanes of at least 4 members (excludes halogenated alkanes) is 1. The van der Waals surface area contributed by atoms with Crippen molar-refractivity contribution in [2.24, 2.45) is 11.8 Å². The van der Waals surface area contributed by atoms with Gasteiger partial charge in [-0.15, -0.1) is 0 Å². The lowest BCUT2D eigenvalue weighted by Gasteiger charge is -2.37. The van der Waals surface area contributed by atoms with Crippen molar-refractivity contribution in [1.82, 2.24) is 14.7 Å². The lowest BCUT2D eigenvalue weighted by atomic mass is 9.91. The highest BCUT2D eigenvalue weighted by Crippen LogP contribution is 2.23. The molecule has 1 amide bonds. The fourth-order valence-corrected chi connectivity index (χ4v) is 4.65. The van der Waals surface area contributed by atoms with E-state index in [0.29, 0.717) is 24.3 Å². The van der Waals surface area contributed by atoms with Crippen LogP contribution in [0.3, 0.4) is 0 Å². The van der Waals surface area contributed by atoms with Crippen LogP contribution in [0.4, 0.5) is 0 Å². The van der Waals surface area contributed by atoms with Crippen LogP contribution < -0.4 is 0 Å². The number of hydrogen-bond acceptors (Lipinski definition) is 4. The van der Waals surface area contributed by atoms with E-state index in [9.17, 15) is 4.79 Å². The van der Waals surface area contributed by atoms with Crippen LogP contribution in [0.25, 0.3) is 0 Å². The molecule has 0 radical (unpaired) electrons. The number of piperazine rings is 1. The van der Waals surface area contributed by atoms with Crippen molar-refractivity contribution in [3.05, 3.63) is 0 Å². The third-order valence-electron chi connectivity index (χ3n) is 6.96. The smallest absolute Gasteiger partial charge is 0.222 e. The van der Waals surface area contributed by atoms with Gasteiger partial charge in [0.25, 0.3) is 0 Å². The van der Waals surface area contributed by atoms with Crippen LogP contribution in [0.2, 0.25) is 0 Å². The molecule has 30 heavy (non-hydrogen) atoms. The van der Waals surface area contributed by atoms with Crippen LogP contribution in [0.1, 0.15) is 79.1 Å². The zero-order valence-electron chi connectivity index (χ0n) is 20.4. The molecule has 0 atom stereocenters. The van der Waals surface area contributed by atoms with Crippen molar-refractivity contribution in [2.75, 3.05) is 59.0 Å². The first-order valence-electron chi connectivity index (χ1n) is 12.8. The molecule has 0 saturated carbocycles. The highest BCUT2D eigenvalue weighted by molar-refractivity contribution is 5.76. The molecule has 2 rings (SSSR count). The largest absolute Gasteiger partial charge is 0.381 e. The highest BCUT2D eigenvalue weighted by atomic mass is 16.5. The fraction of sp³-hybridized carbons (Fsp3) is 0.960. The van der Waals surface area contributed by atoms with E-state index in [2.05, 4.69) is 42.4 Å². The number of likely N-dealkylation sites (tertiary alicyclic amines) is 1. The maximum atomic E-state index is 12.4. The Morgan fingerprint density at radius 2 is 1.60 bits per heavy atom. The summed E-state index contributed by atoms with van der Waals surface area (Å²) < 4.78 is 5.64. The summed E-state index contributed by atoms with van der Waals surface area (Å²) in [6.07, 6.45) is 9.04. The molecule has 5 heteroatoms. The SMILES string of the molecule is CC(C)CCOCCCC(=O)N1CCC(CCCCN2CCN(C(C)C)CC2)CC1. The standard InChI is InChI=1S/C25H49N3O2/c1-22(2)12-21-30-20-7-9-25(29)28-14-10-24(11-15-28)8-5-6-13-26-16-18-27(19-17-26)23(3)4/h22-24H,5-21H2,1-4H3. The van der Waals surface area contributed by atoms with Crippen molar-refractivity contribution >= 4 is 5.91 Å². The van der Waals surface area contributed by atoms with Crippen LogP contribution in [0.5, 0.6) is 0 Å². The van der Waals surface area contributed by atoms with E-state index in [-0.39, 0.29) is 0 Å². The Kier molecular flexibility index (Phi) is 12.3. The van der Waals surface area contributed by atoms with Gasteiger partial charge in [-0.25, -0.2) is 0 Å². The average Bonchev–Trinajstić information content (AvgIpc) is 2.74. The number of carbonyl (C=O) groups excluding carboxylic acids is 1. The lowest BCUT2D eigenvalue weighted by Crippen LogP contribution is -2.48. The molecular weight excluding hydrogens is 374 g/mol. The molecule has 2 aliphatic heterocycles. The van der Waals surface area contributed by atoms with Gasteiger partial charge >= 0.3 is 0 Å². The minimum absolute atomic E-state index is 0.335. The topological polar surface area (TPSA) is 36.0 Å². The summed E-state index contributed by atoms with van der Waals surface area (Å²) in [4.78, 5) is 19.7. The number of rotatable bonds is 13. The monoisotopic (exact) mass is 423 g/mol. The molecule has 0 unspecified atom stereocenters. The molecule has 0 N–H and O–H groups in total. The first kappa shape index (κ1) is 25.6. The Morgan fingerprint density at radius 1 is 0.900 bits per heavy atom. The Balaban J connectivity index is 1.45. The summed E-state index contributed by atoms with van der Waals surface area (Å²) in [6.45, 7) is 18.7. The molecule has 5 nitrogen and oxygen atoms in total. The van der Waals surface area contributed by atoms with Gasteiger partial charge in [0.1, 0.15) is 0 Å². The predicted molar refractivity (Wildman–Crippen MR) is 126 cm³/mol. The molecule has 0 aliphatic carbocycles. The highest BCUT2D eigenvalue weighted by Gasteiger charge is 2.22. The molecule has 2 heterocycles. The summed E-state index contributed by atoms with van der Waals surface area (Å²) in [5.41, 5.74) is 0. The van der Waals surface area contributed by atoms with Crippen molar-refractivity contribution in [1.29, 1.82) is 0 Å². The van der Waals surface area contributed by atoms with Gasteiger partial charge in [-0.2, -0.15) is 0 Å². The molecule has 0 spiro atoms. The minimum atomic E-state index is 0.335. The van der Waals surface area contributed by atoms with Crippen LogP contribution in [0, 0.1) is 11.8 Å². The minimum Gasteiger partial charge on any atom is -0.381 e. The zero-order chi connectivity index (χ0) is 21.8. The molecule has 0 aromatic carbocycles. The second kappa shape index (κ2) is 14.4.